The molecule has 0 unspecified atom stereocenters. The van der Waals surface area contributed by atoms with Gasteiger partial charge in [0.1, 0.15) is 17.3 Å². The van der Waals surface area contributed by atoms with Crippen molar-refractivity contribution in [2.75, 3.05) is 44.4 Å². The molecule has 3 heterocycles. The summed E-state index contributed by atoms with van der Waals surface area (Å²) in [7, 11) is 0. The molecule has 210 valence electrons. The van der Waals surface area contributed by atoms with Crippen LogP contribution in [0.25, 0.3) is 0 Å². The topological polar surface area (TPSA) is 138 Å². The van der Waals surface area contributed by atoms with Gasteiger partial charge in [0, 0.05) is 24.2 Å². The van der Waals surface area contributed by atoms with Gasteiger partial charge in [-0.15, -0.1) is 0 Å². The summed E-state index contributed by atoms with van der Waals surface area (Å²) >= 11 is 0. The van der Waals surface area contributed by atoms with Crippen LogP contribution in [-0.2, 0) is 16.8 Å². The maximum atomic E-state index is 13.7. The van der Waals surface area contributed by atoms with Crippen molar-refractivity contribution in [3.8, 4) is 17.5 Å². The lowest BCUT2D eigenvalue weighted by molar-refractivity contribution is -0.139. The molecule has 0 bridgehead atoms. The van der Waals surface area contributed by atoms with Crippen molar-refractivity contribution in [1.29, 1.82) is 5.41 Å². The van der Waals surface area contributed by atoms with Crippen LogP contribution in [-0.4, -0.2) is 77.0 Å². The Balaban J connectivity index is 1.66. The van der Waals surface area contributed by atoms with Crippen molar-refractivity contribution in [1.82, 2.24) is 14.9 Å². The van der Waals surface area contributed by atoms with Crippen LogP contribution in [0.4, 0.5) is 5.69 Å². The van der Waals surface area contributed by atoms with E-state index >= 15 is 0 Å². The predicted octanol–water partition coefficient (Wildman–Crippen LogP) is 3.66. The van der Waals surface area contributed by atoms with Gasteiger partial charge < -0.3 is 29.1 Å². The van der Waals surface area contributed by atoms with Crippen LogP contribution in [0.15, 0.2) is 12.1 Å². The number of anilines is 1. The number of fused-ring (bicyclic) bond motifs is 1. The molecule has 39 heavy (non-hydrogen) atoms. The molecule has 0 atom stereocenters. The van der Waals surface area contributed by atoms with Crippen LogP contribution in [0.2, 0.25) is 0 Å². The van der Waals surface area contributed by atoms with Crippen LogP contribution in [0.5, 0.6) is 17.5 Å². The summed E-state index contributed by atoms with van der Waals surface area (Å²) in [5.41, 5.74) is 2.51. The number of aromatic nitrogens is 2. The molecule has 11 nitrogen and oxygen atoms in total. The first-order valence-corrected chi connectivity index (χ1v) is 13.3. The van der Waals surface area contributed by atoms with Crippen molar-refractivity contribution in [2.24, 2.45) is 0 Å². The van der Waals surface area contributed by atoms with Crippen molar-refractivity contribution in [3.05, 3.63) is 34.6 Å². The lowest BCUT2D eigenvalue weighted by atomic mass is 9.84. The summed E-state index contributed by atoms with van der Waals surface area (Å²) in [6.07, 6.45) is 2.02. The van der Waals surface area contributed by atoms with E-state index in [0.29, 0.717) is 35.9 Å². The second kappa shape index (κ2) is 11.5. The molecule has 2 aliphatic heterocycles. The van der Waals surface area contributed by atoms with Crippen molar-refractivity contribution >= 4 is 23.3 Å². The molecule has 1 aromatic heterocycles. The number of carboxylic acids is 1. The number of carboxylic acid groups (broad SMARTS) is 1. The quantitative estimate of drug-likeness (QED) is 0.407. The smallest absolute Gasteiger partial charge is 0.341 e. The average Bonchev–Trinajstić information content (AvgIpc) is 3.51. The molecular weight excluding hydrogens is 502 g/mol. The number of amidine groups is 1. The molecule has 1 saturated heterocycles. The molecule has 0 spiro atoms. The molecule has 11 heteroatoms. The van der Waals surface area contributed by atoms with Gasteiger partial charge in [0.2, 0.25) is 0 Å². The molecule has 0 aliphatic carbocycles. The van der Waals surface area contributed by atoms with Gasteiger partial charge in [-0.05, 0) is 44.2 Å². The van der Waals surface area contributed by atoms with E-state index in [1.54, 1.807) is 17.0 Å². The molecule has 4 rings (SSSR count). The maximum Gasteiger partial charge on any atom is 0.341 e. The summed E-state index contributed by atoms with van der Waals surface area (Å²) < 4.78 is 17.0. The fraction of sp³-hybridized carbons (Fsp3) is 0.536. The molecule has 0 amide bonds. The van der Waals surface area contributed by atoms with Gasteiger partial charge in [-0.1, -0.05) is 20.8 Å². The third kappa shape index (κ3) is 6.07. The summed E-state index contributed by atoms with van der Waals surface area (Å²) in [5.74, 6) is -0.105. The highest BCUT2D eigenvalue weighted by Gasteiger charge is 2.33. The van der Waals surface area contributed by atoms with Crippen molar-refractivity contribution < 1.29 is 28.9 Å². The lowest BCUT2D eigenvalue weighted by Crippen LogP contribution is -2.31. The van der Waals surface area contributed by atoms with Crippen LogP contribution >= 0.6 is 0 Å². The Labute approximate surface area is 228 Å². The highest BCUT2D eigenvalue weighted by Crippen LogP contribution is 2.41. The van der Waals surface area contributed by atoms with E-state index < -0.39 is 18.0 Å². The Hall–Kier alpha value is -3.89. The van der Waals surface area contributed by atoms with Crippen LogP contribution < -0.4 is 19.1 Å². The van der Waals surface area contributed by atoms with Gasteiger partial charge in [0.05, 0.1) is 37.7 Å². The number of nitrogens with one attached hydrogen (secondary N) is 1. The maximum absolute atomic E-state index is 13.7. The number of nitrogens with zero attached hydrogens (tertiary/aromatic N) is 4. The zero-order valence-electron chi connectivity index (χ0n) is 23.3. The highest BCUT2D eigenvalue weighted by molar-refractivity contribution is 6.04. The number of ketones is 1. The first kappa shape index (κ1) is 28.1. The number of benzene rings is 1. The normalized spacial score (nSPS) is 14.9. The van der Waals surface area contributed by atoms with Gasteiger partial charge in [0.15, 0.2) is 12.4 Å². The third-order valence-electron chi connectivity index (χ3n) is 6.67. The van der Waals surface area contributed by atoms with Crippen LogP contribution in [0, 0.1) is 5.41 Å². The number of carbonyl (C=O) groups is 2. The number of Topliss-reactive ketones (excluding diaryl/α,β-unsaturated/α-hetero) is 1. The Morgan fingerprint density at radius 1 is 1.03 bits per heavy atom. The first-order chi connectivity index (χ1) is 18.5. The van der Waals surface area contributed by atoms with Gasteiger partial charge in [-0.25, -0.2) is 14.8 Å². The summed E-state index contributed by atoms with van der Waals surface area (Å²) in [5, 5.41) is 18.0. The number of hydrogen-bond acceptors (Lipinski definition) is 9. The standard InChI is InChI=1S/C28H37N5O6/c1-6-37-26-27(38-7-2)31-23-19(30-26)14-33(25(23)29)15-21(34)17-12-18(28(3,4)5)24(39-16-22(35)36)20(13-17)32-10-8-9-11-32/h12-13,29H,6-11,14-16H2,1-5H3,(H,35,36). The fourth-order valence-electron chi connectivity index (χ4n) is 4.82. The summed E-state index contributed by atoms with van der Waals surface area (Å²) in [4.78, 5) is 37.8. The van der Waals surface area contributed by atoms with Gasteiger partial charge in [0.25, 0.3) is 11.8 Å². The second-order valence-corrected chi connectivity index (χ2v) is 10.6. The van der Waals surface area contributed by atoms with Gasteiger partial charge in [-0.3, -0.25) is 10.2 Å². The van der Waals surface area contributed by atoms with E-state index in [0.717, 1.165) is 37.2 Å². The Bertz CT molecular complexity index is 1270. The Morgan fingerprint density at radius 3 is 2.26 bits per heavy atom. The summed E-state index contributed by atoms with van der Waals surface area (Å²) in [6, 6.07) is 3.59. The fourth-order valence-corrected chi connectivity index (χ4v) is 4.82. The van der Waals surface area contributed by atoms with Crippen LogP contribution in [0.3, 0.4) is 0 Å². The first-order valence-electron chi connectivity index (χ1n) is 13.3. The zero-order valence-corrected chi connectivity index (χ0v) is 23.3. The average molecular weight is 540 g/mol. The molecule has 1 fully saturated rings. The SMILES string of the molecule is CCOc1nc2c(nc1OCC)C(=N)N(CC(=O)c1cc(N3CCCC3)c(OCC(=O)O)c(C(C)(C)C)c1)C2. The minimum Gasteiger partial charge on any atom is -0.479 e. The minimum atomic E-state index is -1.06. The molecule has 0 saturated carbocycles. The number of aliphatic carboxylic acids is 1. The van der Waals surface area contributed by atoms with E-state index in [9.17, 15) is 14.7 Å². The number of hydrogen-bond donors (Lipinski definition) is 2. The lowest BCUT2D eigenvalue weighted by Gasteiger charge is -2.29. The van der Waals surface area contributed by atoms with E-state index in [1.165, 1.54) is 0 Å². The van der Waals surface area contributed by atoms with Crippen molar-refractivity contribution in [2.45, 2.75) is 59.4 Å². The van der Waals surface area contributed by atoms with E-state index in [1.807, 2.05) is 34.6 Å². The Kier molecular flexibility index (Phi) is 8.27. The molecule has 2 aliphatic rings. The molecule has 0 radical (unpaired) electrons. The zero-order chi connectivity index (χ0) is 28.3. The third-order valence-corrected chi connectivity index (χ3v) is 6.67. The second-order valence-electron chi connectivity index (χ2n) is 10.6. The number of carbonyl (C=O) groups excluding carboxylic acids is 1. The van der Waals surface area contributed by atoms with Crippen LogP contribution in [0.1, 0.15) is 74.8 Å². The van der Waals surface area contributed by atoms with Gasteiger partial charge in [-0.2, -0.15) is 0 Å². The molecule has 1 aromatic carbocycles. The van der Waals surface area contributed by atoms with E-state index in [-0.39, 0.29) is 36.5 Å². The van der Waals surface area contributed by atoms with Gasteiger partial charge >= 0.3 is 5.97 Å². The molecule has 2 aromatic rings. The largest absolute Gasteiger partial charge is 0.479 e. The predicted molar refractivity (Wildman–Crippen MR) is 146 cm³/mol. The van der Waals surface area contributed by atoms with E-state index in [4.69, 9.17) is 19.6 Å². The highest BCUT2D eigenvalue weighted by atomic mass is 16.5. The molecule has 2 N–H and O–H groups in total. The minimum absolute atomic E-state index is 0.0385. The summed E-state index contributed by atoms with van der Waals surface area (Å²) in [6.45, 7) is 11.8. The monoisotopic (exact) mass is 539 g/mol. The van der Waals surface area contributed by atoms with E-state index in [2.05, 4.69) is 14.9 Å². The number of ether oxygens (including phenoxy) is 3. The van der Waals surface area contributed by atoms with Crippen molar-refractivity contribution in [3.63, 3.8) is 0 Å². The number of rotatable bonds is 11. The molecular formula is C28H37N5O6. The Morgan fingerprint density at radius 2 is 1.67 bits per heavy atom.